The van der Waals surface area contributed by atoms with E-state index in [0.29, 0.717) is 18.5 Å². The number of halogens is 1. The third kappa shape index (κ3) is 4.59. The maximum absolute atomic E-state index is 13.5. The van der Waals surface area contributed by atoms with Crippen molar-refractivity contribution in [1.82, 2.24) is 4.90 Å². The second-order valence-corrected chi connectivity index (χ2v) is 6.06. The van der Waals surface area contributed by atoms with E-state index in [0.717, 1.165) is 24.2 Å². The molecule has 0 heterocycles. The molecule has 0 radical (unpaired) electrons. The summed E-state index contributed by atoms with van der Waals surface area (Å²) in [6.45, 7) is 6.86. The zero-order valence-electron chi connectivity index (χ0n) is 12.0. The van der Waals surface area contributed by atoms with Crippen LogP contribution in [0.4, 0.5) is 4.39 Å². The van der Waals surface area contributed by atoms with Gasteiger partial charge in [0.25, 0.3) is 0 Å². The second kappa shape index (κ2) is 6.49. The molecule has 1 saturated carbocycles. The molecule has 19 heavy (non-hydrogen) atoms. The molecule has 1 aliphatic rings. The van der Waals surface area contributed by atoms with E-state index in [1.807, 2.05) is 6.07 Å². The monoisotopic (exact) mass is 264 g/mol. The predicted octanol–water partition coefficient (Wildman–Crippen LogP) is 3.29. The normalized spacial score (nSPS) is 15.5. The maximum Gasteiger partial charge on any atom is 0.123 e. The molecule has 0 unspecified atom stereocenters. The molecule has 1 aliphatic carbocycles. The fourth-order valence-corrected chi connectivity index (χ4v) is 2.42. The molecule has 0 aromatic heterocycles. The van der Waals surface area contributed by atoms with E-state index in [9.17, 15) is 4.39 Å². The van der Waals surface area contributed by atoms with Crippen molar-refractivity contribution < 1.29 is 4.39 Å². The lowest BCUT2D eigenvalue weighted by Crippen LogP contribution is -2.27. The van der Waals surface area contributed by atoms with Crippen LogP contribution in [0.1, 0.15) is 44.2 Å². The zero-order valence-corrected chi connectivity index (χ0v) is 12.0. The Morgan fingerprint density at radius 3 is 2.53 bits per heavy atom. The summed E-state index contributed by atoms with van der Waals surface area (Å²) < 4.78 is 13.5. The van der Waals surface area contributed by atoms with Crippen molar-refractivity contribution in [1.29, 1.82) is 0 Å². The van der Waals surface area contributed by atoms with Crippen LogP contribution in [0.3, 0.4) is 0 Å². The first-order chi connectivity index (χ1) is 9.08. The highest BCUT2D eigenvalue weighted by atomic mass is 19.1. The number of hydrogen-bond acceptors (Lipinski definition) is 2. The summed E-state index contributed by atoms with van der Waals surface area (Å²) in [5.41, 5.74) is 7.54. The quantitative estimate of drug-likeness (QED) is 0.819. The average Bonchev–Trinajstić information content (AvgIpc) is 3.17. The summed E-state index contributed by atoms with van der Waals surface area (Å²) in [5.74, 6) is 0.547. The smallest absolute Gasteiger partial charge is 0.123 e. The van der Waals surface area contributed by atoms with Crippen molar-refractivity contribution in [2.45, 2.75) is 52.2 Å². The molecule has 0 saturated heterocycles. The Morgan fingerprint density at radius 2 is 1.95 bits per heavy atom. The van der Waals surface area contributed by atoms with Crippen LogP contribution < -0.4 is 5.73 Å². The third-order valence-electron chi connectivity index (χ3n) is 3.70. The zero-order chi connectivity index (χ0) is 13.8. The molecule has 1 fully saturated rings. The van der Waals surface area contributed by atoms with Crippen LogP contribution in [0, 0.1) is 11.7 Å². The molecule has 2 nitrogen and oxygen atoms in total. The van der Waals surface area contributed by atoms with Gasteiger partial charge in [-0.3, -0.25) is 4.90 Å². The Bertz CT molecular complexity index is 413. The lowest BCUT2D eigenvalue weighted by Gasteiger charge is -2.23. The molecule has 2 N–H and O–H groups in total. The first kappa shape index (κ1) is 14.5. The average molecular weight is 264 g/mol. The van der Waals surface area contributed by atoms with Gasteiger partial charge in [-0.1, -0.05) is 19.9 Å². The topological polar surface area (TPSA) is 29.3 Å². The minimum absolute atomic E-state index is 0.169. The van der Waals surface area contributed by atoms with Gasteiger partial charge in [0.05, 0.1) is 0 Å². The van der Waals surface area contributed by atoms with E-state index in [1.165, 1.54) is 25.3 Å². The van der Waals surface area contributed by atoms with Crippen molar-refractivity contribution >= 4 is 0 Å². The minimum Gasteiger partial charge on any atom is -0.326 e. The first-order valence-electron chi connectivity index (χ1n) is 7.31. The van der Waals surface area contributed by atoms with Gasteiger partial charge < -0.3 is 5.73 Å². The van der Waals surface area contributed by atoms with Gasteiger partial charge in [-0.2, -0.15) is 0 Å². The molecule has 0 amide bonds. The molecule has 2 rings (SSSR count). The molecule has 0 bridgehead atoms. The van der Waals surface area contributed by atoms with Crippen LogP contribution in [0.15, 0.2) is 18.2 Å². The number of nitrogens with zero attached hydrogens (tertiary/aromatic N) is 1. The largest absolute Gasteiger partial charge is 0.326 e. The highest BCUT2D eigenvalue weighted by Crippen LogP contribution is 2.29. The summed E-state index contributed by atoms with van der Waals surface area (Å²) in [6.07, 6.45) is 3.78. The summed E-state index contributed by atoms with van der Waals surface area (Å²) in [5, 5.41) is 0. The van der Waals surface area contributed by atoms with Crippen molar-refractivity contribution in [2.75, 3.05) is 6.54 Å². The van der Waals surface area contributed by atoms with Gasteiger partial charge >= 0.3 is 0 Å². The van der Waals surface area contributed by atoms with Crippen LogP contribution >= 0.6 is 0 Å². The van der Waals surface area contributed by atoms with Crippen molar-refractivity contribution in [3.63, 3.8) is 0 Å². The highest BCUT2D eigenvalue weighted by Gasteiger charge is 2.28. The fraction of sp³-hybridized carbons (Fsp3) is 0.625. The molecule has 106 valence electrons. The van der Waals surface area contributed by atoms with Crippen LogP contribution in [-0.2, 0) is 13.1 Å². The first-order valence-corrected chi connectivity index (χ1v) is 7.31. The Kier molecular flexibility index (Phi) is 4.94. The van der Waals surface area contributed by atoms with Gasteiger partial charge in [0.1, 0.15) is 5.82 Å². The van der Waals surface area contributed by atoms with Gasteiger partial charge in [0, 0.05) is 19.1 Å². The van der Waals surface area contributed by atoms with Crippen molar-refractivity contribution in [3.05, 3.63) is 35.1 Å². The SMILES string of the molecule is CC(C)CCN(Cc1cc(F)cc(CN)c1)C1CC1. The molecule has 3 heteroatoms. The van der Waals surface area contributed by atoms with E-state index in [-0.39, 0.29) is 5.82 Å². The summed E-state index contributed by atoms with van der Waals surface area (Å²) in [6, 6.07) is 5.92. The van der Waals surface area contributed by atoms with Crippen LogP contribution in [-0.4, -0.2) is 17.5 Å². The van der Waals surface area contributed by atoms with Gasteiger partial charge in [-0.15, -0.1) is 0 Å². The molecule has 1 aromatic rings. The lowest BCUT2D eigenvalue weighted by molar-refractivity contribution is 0.239. The van der Waals surface area contributed by atoms with Crippen molar-refractivity contribution in [3.8, 4) is 0 Å². The molecule has 0 atom stereocenters. The fourth-order valence-electron chi connectivity index (χ4n) is 2.42. The number of hydrogen-bond donors (Lipinski definition) is 1. The van der Waals surface area contributed by atoms with E-state index < -0.39 is 0 Å². The standard InChI is InChI=1S/C16H25FN2/c1-12(2)5-6-19(16-3-4-16)11-14-7-13(10-18)8-15(17)9-14/h7-9,12,16H,3-6,10-11,18H2,1-2H3. The van der Waals surface area contributed by atoms with Crippen molar-refractivity contribution in [2.24, 2.45) is 11.7 Å². The van der Waals surface area contributed by atoms with E-state index in [2.05, 4.69) is 18.7 Å². The summed E-state index contributed by atoms with van der Waals surface area (Å²) in [7, 11) is 0. The van der Waals surface area contributed by atoms with Gasteiger partial charge in [-0.25, -0.2) is 4.39 Å². The molecule has 0 aliphatic heterocycles. The Morgan fingerprint density at radius 1 is 1.26 bits per heavy atom. The van der Waals surface area contributed by atoms with Gasteiger partial charge in [-0.05, 0) is 55.0 Å². The van der Waals surface area contributed by atoms with Gasteiger partial charge in [0.2, 0.25) is 0 Å². The van der Waals surface area contributed by atoms with E-state index in [1.54, 1.807) is 6.07 Å². The van der Waals surface area contributed by atoms with Crippen LogP contribution in [0.2, 0.25) is 0 Å². The van der Waals surface area contributed by atoms with Gasteiger partial charge in [0.15, 0.2) is 0 Å². The van der Waals surface area contributed by atoms with E-state index >= 15 is 0 Å². The third-order valence-corrected chi connectivity index (χ3v) is 3.70. The lowest BCUT2D eigenvalue weighted by atomic mass is 10.1. The molecular weight excluding hydrogens is 239 g/mol. The number of rotatable bonds is 7. The predicted molar refractivity (Wildman–Crippen MR) is 77.2 cm³/mol. The molecule has 1 aromatic carbocycles. The number of nitrogens with two attached hydrogens (primary N) is 1. The maximum atomic E-state index is 13.5. The Labute approximate surface area is 115 Å². The van der Waals surface area contributed by atoms with E-state index in [4.69, 9.17) is 5.73 Å². The molecule has 0 spiro atoms. The van der Waals surface area contributed by atoms with Crippen LogP contribution in [0.25, 0.3) is 0 Å². The molecular formula is C16H25FN2. The Balaban J connectivity index is 2.01. The highest BCUT2D eigenvalue weighted by molar-refractivity contribution is 5.24. The Hall–Kier alpha value is -0.930. The van der Waals surface area contributed by atoms with Crippen LogP contribution in [0.5, 0.6) is 0 Å². The summed E-state index contributed by atoms with van der Waals surface area (Å²) >= 11 is 0. The second-order valence-electron chi connectivity index (χ2n) is 6.06. The minimum atomic E-state index is -0.169. The number of benzene rings is 1. The summed E-state index contributed by atoms with van der Waals surface area (Å²) in [4.78, 5) is 2.50.